The van der Waals surface area contributed by atoms with Crippen LogP contribution in [-0.4, -0.2) is 0 Å². The molecular formula is C58H39NS. The summed E-state index contributed by atoms with van der Waals surface area (Å²) >= 11 is 1.89. The fourth-order valence-electron chi connectivity index (χ4n) is 11.3. The molecule has 2 heteroatoms. The molecule has 3 aliphatic carbocycles. The molecule has 10 aromatic rings. The fraction of sp³-hybridized carbons (Fsp3) is 0.0690. The van der Waals surface area contributed by atoms with Crippen molar-refractivity contribution in [2.24, 2.45) is 0 Å². The van der Waals surface area contributed by atoms with Crippen molar-refractivity contribution in [3.05, 3.63) is 234 Å². The number of hydrogen-bond donors (Lipinski definition) is 0. The van der Waals surface area contributed by atoms with Gasteiger partial charge in [0.25, 0.3) is 0 Å². The Labute approximate surface area is 354 Å². The molecular weight excluding hydrogens is 743 g/mol. The summed E-state index contributed by atoms with van der Waals surface area (Å²) in [5.74, 6) is 0. The number of rotatable bonds is 4. The second-order valence-corrected chi connectivity index (χ2v) is 18.2. The highest BCUT2D eigenvalue weighted by molar-refractivity contribution is 7.26. The standard InChI is InChI=1S/C58H39NS/c1-57(2)49-21-8-3-14-41(49)45-32-30-39(35-54(45)57)59(37-28-26-36(27-29-37)40-19-13-20-47-46-18-7-12-25-55(46)60-56(40)47)38-31-33-53-48(34-38)44-17-6-11-24-52(44)58(53)50-22-9-4-15-42(50)43-16-5-10-23-51(43)58/h3-35H,1-2H3. The summed E-state index contributed by atoms with van der Waals surface area (Å²) in [6.45, 7) is 4.75. The van der Waals surface area contributed by atoms with E-state index in [1.54, 1.807) is 0 Å². The average molecular weight is 782 g/mol. The van der Waals surface area contributed by atoms with Crippen LogP contribution in [0.1, 0.15) is 47.2 Å². The largest absolute Gasteiger partial charge is 0.310 e. The van der Waals surface area contributed by atoms with Gasteiger partial charge in [0.2, 0.25) is 0 Å². The highest BCUT2D eigenvalue weighted by atomic mass is 32.1. The van der Waals surface area contributed by atoms with Gasteiger partial charge < -0.3 is 4.90 Å². The lowest BCUT2D eigenvalue weighted by Gasteiger charge is -2.31. The molecule has 0 amide bonds. The van der Waals surface area contributed by atoms with Crippen molar-refractivity contribution in [3.8, 4) is 44.5 Å². The van der Waals surface area contributed by atoms with Gasteiger partial charge in [0.05, 0.1) is 5.41 Å². The minimum absolute atomic E-state index is 0.118. The zero-order chi connectivity index (χ0) is 39.7. The van der Waals surface area contributed by atoms with Crippen molar-refractivity contribution in [2.75, 3.05) is 4.90 Å². The summed E-state index contributed by atoms with van der Waals surface area (Å²) in [4.78, 5) is 2.48. The Balaban J connectivity index is 1.01. The third-order valence-corrected chi connectivity index (χ3v) is 15.1. The van der Waals surface area contributed by atoms with Crippen molar-refractivity contribution >= 4 is 48.6 Å². The number of fused-ring (bicyclic) bond motifs is 16. The van der Waals surface area contributed by atoms with Crippen molar-refractivity contribution in [1.82, 2.24) is 0 Å². The normalized spacial score (nSPS) is 14.4. The van der Waals surface area contributed by atoms with Crippen LogP contribution in [0.25, 0.3) is 64.7 Å². The molecule has 1 aromatic heterocycles. The van der Waals surface area contributed by atoms with Gasteiger partial charge in [-0.05, 0) is 120 Å². The van der Waals surface area contributed by atoms with E-state index < -0.39 is 0 Å². The van der Waals surface area contributed by atoms with Crippen LogP contribution in [0.15, 0.2) is 200 Å². The van der Waals surface area contributed by atoms with Crippen molar-refractivity contribution in [2.45, 2.75) is 24.7 Å². The molecule has 1 heterocycles. The van der Waals surface area contributed by atoms with E-state index in [4.69, 9.17) is 0 Å². The maximum atomic E-state index is 2.48. The van der Waals surface area contributed by atoms with E-state index in [1.165, 1.54) is 98.1 Å². The molecule has 1 nitrogen and oxygen atoms in total. The van der Waals surface area contributed by atoms with Crippen molar-refractivity contribution in [1.29, 1.82) is 0 Å². The number of thiophene rings is 1. The van der Waals surface area contributed by atoms with Crippen LogP contribution in [-0.2, 0) is 10.8 Å². The molecule has 282 valence electrons. The zero-order valence-corrected chi connectivity index (χ0v) is 34.2. The van der Waals surface area contributed by atoms with Gasteiger partial charge in [-0.25, -0.2) is 0 Å². The lowest BCUT2D eigenvalue weighted by molar-refractivity contribution is 0.660. The lowest BCUT2D eigenvalue weighted by atomic mass is 9.70. The number of anilines is 3. The minimum Gasteiger partial charge on any atom is -0.310 e. The predicted octanol–water partition coefficient (Wildman–Crippen LogP) is 15.8. The van der Waals surface area contributed by atoms with E-state index in [2.05, 4.69) is 219 Å². The van der Waals surface area contributed by atoms with Gasteiger partial charge in [0, 0.05) is 42.6 Å². The van der Waals surface area contributed by atoms with Crippen LogP contribution < -0.4 is 4.90 Å². The second kappa shape index (κ2) is 12.3. The van der Waals surface area contributed by atoms with E-state index in [0.29, 0.717) is 0 Å². The van der Waals surface area contributed by atoms with Crippen LogP contribution in [0.3, 0.4) is 0 Å². The smallest absolute Gasteiger partial charge is 0.0725 e. The summed E-state index contributed by atoms with van der Waals surface area (Å²) in [5, 5.41) is 2.65. The Morgan fingerprint density at radius 3 is 1.53 bits per heavy atom. The Hall–Kier alpha value is -7.00. The van der Waals surface area contributed by atoms with Crippen LogP contribution in [0.2, 0.25) is 0 Å². The summed E-state index contributed by atoms with van der Waals surface area (Å²) < 4.78 is 2.67. The minimum atomic E-state index is -0.374. The van der Waals surface area contributed by atoms with E-state index in [9.17, 15) is 0 Å². The van der Waals surface area contributed by atoms with Gasteiger partial charge in [-0.15, -0.1) is 11.3 Å². The van der Waals surface area contributed by atoms with Gasteiger partial charge in [-0.3, -0.25) is 0 Å². The quantitative estimate of drug-likeness (QED) is 0.172. The van der Waals surface area contributed by atoms with Crippen LogP contribution in [0, 0.1) is 0 Å². The molecule has 0 atom stereocenters. The third kappa shape index (κ3) is 4.41. The Kier molecular flexibility index (Phi) is 6.94. The molecule has 0 aliphatic heterocycles. The van der Waals surface area contributed by atoms with Crippen molar-refractivity contribution in [3.63, 3.8) is 0 Å². The summed E-state index contributed by atoms with van der Waals surface area (Å²) in [7, 11) is 0. The lowest BCUT2D eigenvalue weighted by Crippen LogP contribution is -2.25. The second-order valence-electron chi connectivity index (χ2n) is 17.2. The zero-order valence-electron chi connectivity index (χ0n) is 33.4. The Morgan fingerprint density at radius 2 is 0.833 bits per heavy atom. The average Bonchev–Trinajstić information content (AvgIpc) is 3.99. The first-order valence-electron chi connectivity index (χ1n) is 21.0. The first-order chi connectivity index (χ1) is 29.5. The van der Waals surface area contributed by atoms with Crippen LogP contribution in [0.5, 0.6) is 0 Å². The van der Waals surface area contributed by atoms with Crippen LogP contribution >= 0.6 is 11.3 Å². The molecule has 0 radical (unpaired) electrons. The molecule has 1 spiro atoms. The highest BCUT2D eigenvalue weighted by Gasteiger charge is 2.51. The van der Waals surface area contributed by atoms with Crippen molar-refractivity contribution < 1.29 is 0 Å². The molecule has 0 saturated carbocycles. The van der Waals surface area contributed by atoms with E-state index in [-0.39, 0.29) is 10.8 Å². The molecule has 13 rings (SSSR count). The molecule has 60 heavy (non-hydrogen) atoms. The number of hydrogen-bond acceptors (Lipinski definition) is 2. The molecule has 0 unspecified atom stereocenters. The topological polar surface area (TPSA) is 3.24 Å². The fourth-order valence-corrected chi connectivity index (χ4v) is 12.5. The summed E-state index contributed by atoms with van der Waals surface area (Å²) in [6, 6.07) is 75.3. The number of benzene rings is 9. The van der Waals surface area contributed by atoms with E-state index >= 15 is 0 Å². The van der Waals surface area contributed by atoms with Gasteiger partial charge in [0.1, 0.15) is 0 Å². The van der Waals surface area contributed by atoms with Gasteiger partial charge in [-0.1, -0.05) is 172 Å². The maximum absolute atomic E-state index is 2.48. The van der Waals surface area contributed by atoms with Gasteiger partial charge in [-0.2, -0.15) is 0 Å². The molecule has 0 N–H and O–H groups in total. The first kappa shape index (κ1) is 33.9. The van der Waals surface area contributed by atoms with Crippen LogP contribution in [0.4, 0.5) is 17.1 Å². The summed E-state index contributed by atoms with van der Waals surface area (Å²) in [6.07, 6.45) is 0. The monoisotopic (exact) mass is 781 g/mol. The maximum Gasteiger partial charge on any atom is 0.0725 e. The van der Waals surface area contributed by atoms with Gasteiger partial charge >= 0.3 is 0 Å². The third-order valence-electron chi connectivity index (χ3n) is 13.9. The molecule has 9 aromatic carbocycles. The molecule has 0 saturated heterocycles. The van der Waals surface area contributed by atoms with E-state index in [0.717, 1.165) is 17.1 Å². The molecule has 3 aliphatic rings. The number of nitrogens with zero attached hydrogens (tertiary/aromatic N) is 1. The molecule has 0 bridgehead atoms. The highest BCUT2D eigenvalue weighted by Crippen LogP contribution is 2.63. The SMILES string of the molecule is CC1(C)c2ccccc2-c2ccc(N(c3ccc(-c4cccc5c4sc4ccccc45)cc3)c3ccc4c(c3)-c3ccccc3C43c4ccccc4-c4ccccc43)cc21. The Bertz CT molecular complexity index is 3370. The predicted molar refractivity (Wildman–Crippen MR) is 253 cm³/mol. The van der Waals surface area contributed by atoms with E-state index in [1.807, 2.05) is 11.3 Å². The van der Waals surface area contributed by atoms with Gasteiger partial charge in [0.15, 0.2) is 0 Å². The Morgan fingerprint density at radius 1 is 0.350 bits per heavy atom. The first-order valence-corrected chi connectivity index (χ1v) is 21.8. The summed E-state index contributed by atoms with van der Waals surface area (Å²) in [5.41, 5.74) is 21.6. The molecule has 0 fully saturated rings.